The second-order valence-corrected chi connectivity index (χ2v) is 7.48. The third-order valence-electron chi connectivity index (χ3n) is 4.91. The van der Waals surface area contributed by atoms with Crippen LogP contribution in [0.2, 0.25) is 0 Å². The van der Waals surface area contributed by atoms with Gasteiger partial charge in [0.25, 0.3) is 0 Å². The third-order valence-corrected chi connectivity index (χ3v) is 4.91. The zero-order valence-corrected chi connectivity index (χ0v) is 17.0. The summed E-state index contributed by atoms with van der Waals surface area (Å²) in [5, 5.41) is 11.6. The Labute approximate surface area is 157 Å². The predicted molar refractivity (Wildman–Crippen MR) is 109 cm³/mol. The van der Waals surface area contributed by atoms with E-state index in [0.29, 0.717) is 12.8 Å². The number of hydrogen-bond donors (Lipinski definition) is 2. The van der Waals surface area contributed by atoms with Gasteiger partial charge in [-0.2, -0.15) is 0 Å². The average molecular weight is 356 g/mol. The largest absolute Gasteiger partial charge is 0.396 e. The number of carbonyl (C=O) groups is 1. The van der Waals surface area contributed by atoms with Crippen molar-refractivity contribution in [2.45, 2.75) is 122 Å². The molecule has 0 aliphatic heterocycles. The number of nitrogens with one attached hydrogen (secondary N) is 1. The summed E-state index contributed by atoms with van der Waals surface area (Å²) >= 11 is 0. The fourth-order valence-corrected chi connectivity index (χ4v) is 3.23. The van der Waals surface area contributed by atoms with Crippen LogP contribution in [0.15, 0.2) is 0 Å². The molecule has 0 aromatic carbocycles. The topological polar surface area (TPSA) is 49.3 Å². The van der Waals surface area contributed by atoms with Crippen LogP contribution in [0.5, 0.6) is 0 Å². The van der Waals surface area contributed by atoms with Gasteiger partial charge in [-0.25, -0.2) is 0 Å². The van der Waals surface area contributed by atoms with Gasteiger partial charge in [0.1, 0.15) is 0 Å². The molecule has 0 unspecified atom stereocenters. The third kappa shape index (κ3) is 21.4. The molecule has 0 fully saturated rings. The van der Waals surface area contributed by atoms with E-state index >= 15 is 0 Å². The van der Waals surface area contributed by atoms with Crippen LogP contribution in [-0.4, -0.2) is 24.2 Å². The molecule has 0 spiro atoms. The lowest BCUT2D eigenvalue weighted by molar-refractivity contribution is -0.121. The van der Waals surface area contributed by atoms with Crippen LogP contribution in [0, 0.1) is 0 Å². The highest BCUT2D eigenvalue weighted by Gasteiger charge is 1.99. The minimum atomic E-state index is 0.0787. The van der Waals surface area contributed by atoms with Crippen molar-refractivity contribution in [3.8, 4) is 0 Å². The molecule has 150 valence electrons. The van der Waals surface area contributed by atoms with Gasteiger partial charge in [0.05, 0.1) is 0 Å². The Hall–Kier alpha value is -0.570. The van der Waals surface area contributed by atoms with Gasteiger partial charge in [-0.05, 0) is 12.8 Å². The zero-order chi connectivity index (χ0) is 18.4. The molecule has 1 amide bonds. The summed E-state index contributed by atoms with van der Waals surface area (Å²) in [4.78, 5) is 11.3. The number of aliphatic hydroxyl groups excluding tert-OH is 1. The summed E-state index contributed by atoms with van der Waals surface area (Å²) in [5.74, 6) is 0.0787. The molecule has 3 heteroatoms. The maximum atomic E-state index is 11.3. The SMILES string of the molecule is CCCCCCCCCCCCCCCCCCNC(=O)CCCO. The maximum Gasteiger partial charge on any atom is 0.220 e. The van der Waals surface area contributed by atoms with Gasteiger partial charge in [-0.3, -0.25) is 4.79 Å². The number of unbranched alkanes of at least 4 members (excludes halogenated alkanes) is 15. The summed E-state index contributed by atoms with van der Waals surface area (Å²) < 4.78 is 0. The molecule has 0 aliphatic rings. The molecule has 2 N–H and O–H groups in total. The first-order valence-electron chi connectivity index (χ1n) is 11.2. The Morgan fingerprint density at radius 3 is 1.44 bits per heavy atom. The van der Waals surface area contributed by atoms with Crippen molar-refractivity contribution in [1.29, 1.82) is 0 Å². The lowest BCUT2D eigenvalue weighted by atomic mass is 10.0. The summed E-state index contributed by atoms with van der Waals surface area (Å²) in [6.45, 7) is 3.18. The molecule has 0 atom stereocenters. The highest BCUT2D eigenvalue weighted by molar-refractivity contribution is 5.75. The molecule has 0 saturated heterocycles. The summed E-state index contributed by atoms with van der Waals surface area (Å²) in [6, 6.07) is 0. The van der Waals surface area contributed by atoms with Crippen LogP contribution in [0.3, 0.4) is 0 Å². The van der Waals surface area contributed by atoms with Crippen LogP contribution < -0.4 is 5.32 Å². The van der Waals surface area contributed by atoms with E-state index in [4.69, 9.17) is 5.11 Å². The van der Waals surface area contributed by atoms with E-state index in [-0.39, 0.29) is 12.5 Å². The maximum absolute atomic E-state index is 11.3. The molecule has 0 heterocycles. The van der Waals surface area contributed by atoms with Crippen molar-refractivity contribution in [3.63, 3.8) is 0 Å². The van der Waals surface area contributed by atoms with Gasteiger partial charge in [-0.15, -0.1) is 0 Å². The van der Waals surface area contributed by atoms with Gasteiger partial charge in [0.2, 0.25) is 5.91 Å². The number of aliphatic hydroxyl groups is 1. The molecule has 0 radical (unpaired) electrons. The Morgan fingerprint density at radius 2 is 1.04 bits per heavy atom. The van der Waals surface area contributed by atoms with E-state index in [1.807, 2.05) is 0 Å². The number of amides is 1. The first-order chi connectivity index (χ1) is 12.3. The fourth-order valence-electron chi connectivity index (χ4n) is 3.23. The van der Waals surface area contributed by atoms with E-state index < -0.39 is 0 Å². The van der Waals surface area contributed by atoms with E-state index in [1.54, 1.807) is 0 Å². The zero-order valence-electron chi connectivity index (χ0n) is 17.0. The smallest absolute Gasteiger partial charge is 0.220 e. The lowest BCUT2D eigenvalue weighted by Crippen LogP contribution is -2.24. The minimum absolute atomic E-state index is 0.0787. The standard InChI is InChI=1S/C22H45NO2/c1-2-3-4-5-6-7-8-9-10-11-12-13-14-15-16-17-20-23-22(25)19-18-21-24/h24H,2-21H2,1H3,(H,23,25). The Morgan fingerprint density at radius 1 is 0.640 bits per heavy atom. The van der Waals surface area contributed by atoms with Crippen LogP contribution in [0.4, 0.5) is 0 Å². The van der Waals surface area contributed by atoms with Crippen LogP contribution in [-0.2, 0) is 4.79 Å². The second-order valence-electron chi connectivity index (χ2n) is 7.48. The van der Waals surface area contributed by atoms with Crippen LogP contribution in [0.1, 0.15) is 122 Å². The first-order valence-corrected chi connectivity index (χ1v) is 11.2. The van der Waals surface area contributed by atoms with E-state index in [2.05, 4.69) is 12.2 Å². The highest BCUT2D eigenvalue weighted by Crippen LogP contribution is 2.13. The van der Waals surface area contributed by atoms with E-state index in [0.717, 1.165) is 13.0 Å². The molecule has 0 aliphatic carbocycles. The van der Waals surface area contributed by atoms with Crippen molar-refractivity contribution in [2.75, 3.05) is 13.2 Å². The van der Waals surface area contributed by atoms with Crippen molar-refractivity contribution in [3.05, 3.63) is 0 Å². The van der Waals surface area contributed by atoms with E-state index in [1.165, 1.54) is 96.3 Å². The summed E-state index contributed by atoms with van der Waals surface area (Å²) in [5.41, 5.74) is 0. The lowest BCUT2D eigenvalue weighted by Gasteiger charge is -2.05. The number of rotatable bonds is 20. The molecular formula is C22H45NO2. The van der Waals surface area contributed by atoms with Gasteiger partial charge < -0.3 is 10.4 Å². The number of hydrogen-bond acceptors (Lipinski definition) is 2. The van der Waals surface area contributed by atoms with Crippen molar-refractivity contribution in [2.24, 2.45) is 0 Å². The molecule has 0 bridgehead atoms. The van der Waals surface area contributed by atoms with Gasteiger partial charge in [0, 0.05) is 19.6 Å². The summed E-state index contributed by atoms with van der Waals surface area (Å²) in [7, 11) is 0. The predicted octanol–water partition coefficient (Wildman–Crippen LogP) is 6.14. The molecule has 25 heavy (non-hydrogen) atoms. The van der Waals surface area contributed by atoms with Crippen molar-refractivity contribution < 1.29 is 9.90 Å². The van der Waals surface area contributed by atoms with Crippen molar-refractivity contribution >= 4 is 5.91 Å². The molecule has 0 aromatic heterocycles. The minimum Gasteiger partial charge on any atom is -0.396 e. The van der Waals surface area contributed by atoms with Gasteiger partial charge >= 0.3 is 0 Å². The first kappa shape index (κ1) is 24.4. The quantitative estimate of drug-likeness (QED) is 0.258. The molecule has 0 saturated carbocycles. The fraction of sp³-hybridized carbons (Fsp3) is 0.955. The van der Waals surface area contributed by atoms with Crippen LogP contribution in [0.25, 0.3) is 0 Å². The number of carbonyl (C=O) groups excluding carboxylic acids is 1. The Balaban J connectivity index is 3.04. The molecule has 0 rings (SSSR count). The Kier molecular flexibility index (Phi) is 21.0. The van der Waals surface area contributed by atoms with Gasteiger partial charge in [-0.1, -0.05) is 103 Å². The average Bonchev–Trinajstić information content (AvgIpc) is 2.62. The molecule has 0 aromatic rings. The highest BCUT2D eigenvalue weighted by atomic mass is 16.3. The monoisotopic (exact) mass is 355 g/mol. The normalized spacial score (nSPS) is 11.0. The van der Waals surface area contributed by atoms with Crippen LogP contribution >= 0.6 is 0 Å². The molecule has 3 nitrogen and oxygen atoms in total. The Bertz CT molecular complexity index is 269. The second kappa shape index (κ2) is 21.5. The van der Waals surface area contributed by atoms with Crippen molar-refractivity contribution in [1.82, 2.24) is 5.32 Å². The summed E-state index contributed by atoms with van der Waals surface area (Å²) in [6.07, 6.45) is 23.0. The molecular weight excluding hydrogens is 310 g/mol. The van der Waals surface area contributed by atoms with Gasteiger partial charge in [0.15, 0.2) is 0 Å². The van der Waals surface area contributed by atoms with E-state index in [9.17, 15) is 4.79 Å².